The molecule has 1 aromatic heterocycles. The molecule has 2 aromatic carbocycles. The molecule has 0 spiro atoms. The van der Waals surface area contributed by atoms with E-state index in [4.69, 9.17) is 14.4 Å². The van der Waals surface area contributed by atoms with Crippen molar-refractivity contribution in [3.05, 3.63) is 54.8 Å². The maximum atomic E-state index is 11.8. The summed E-state index contributed by atoms with van der Waals surface area (Å²) < 4.78 is 22.3. The lowest BCUT2D eigenvalue weighted by molar-refractivity contribution is -0.126. The Labute approximate surface area is 238 Å². The standard InChI is InChI=1S/C20H20N2O3S.C11H16N2O/c1-24-18-8-4-16(5-9-18)20-21-19(14-25-20)15-2-6-17(7-3-15)22-10-12-26(23)13-11-22;12-8-11(6-7-11)13-10(14)9-4-2-1-3-5-9/h2-9,14H,10-13H2,1H3;9H,1-7H2,(H,13,14). The number of hydrogen-bond acceptors (Lipinski definition) is 7. The largest absolute Gasteiger partial charge is 0.497 e. The maximum absolute atomic E-state index is 11.8. The summed E-state index contributed by atoms with van der Waals surface area (Å²) in [7, 11) is 0.986. The van der Waals surface area contributed by atoms with Crippen LogP contribution in [0.4, 0.5) is 5.69 Å². The van der Waals surface area contributed by atoms with Gasteiger partial charge in [0.1, 0.15) is 23.2 Å². The van der Waals surface area contributed by atoms with Gasteiger partial charge in [-0.2, -0.15) is 5.26 Å². The van der Waals surface area contributed by atoms with Crippen LogP contribution in [0.5, 0.6) is 5.75 Å². The highest BCUT2D eigenvalue weighted by Gasteiger charge is 2.45. The molecule has 2 aliphatic carbocycles. The molecule has 3 aromatic rings. The number of anilines is 1. The molecular formula is C31H36N4O4S. The van der Waals surface area contributed by atoms with Crippen LogP contribution in [0.25, 0.3) is 22.7 Å². The summed E-state index contributed by atoms with van der Waals surface area (Å²) in [6.07, 6.45) is 8.95. The second-order valence-corrected chi connectivity index (χ2v) is 12.4. The second-order valence-electron chi connectivity index (χ2n) is 10.7. The lowest BCUT2D eigenvalue weighted by atomic mass is 9.88. The van der Waals surface area contributed by atoms with Crippen LogP contribution in [0, 0.1) is 17.2 Å². The van der Waals surface area contributed by atoms with E-state index in [1.807, 2.05) is 24.3 Å². The first-order valence-corrected chi connectivity index (χ1v) is 15.5. The van der Waals surface area contributed by atoms with E-state index in [2.05, 4.69) is 45.5 Å². The van der Waals surface area contributed by atoms with Gasteiger partial charge < -0.3 is 19.4 Å². The fourth-order valence-corrected chi connectivity index (χ4v) is 6.16. The molecule has 3 fully saturated rings. The van der Waals surface area contributed by atoms with Gasteiger partial charge >= 0.3 is 0 Å². The quantitative estimate of drug-likeness (QED) is 0.434. The Kier molecular flexibility index (Phi) is 8.85. The number of methoxy groups -OCH3 is 1. The van der Waals surface area contributed by atoms with Gasteiger partial charge in [-0.25, -0.2) is 4.98 Å². The van der Waals surface area contributed by atoms with E-state index in [9.17, 15) is 9.00 Å². The average Bonchev–Trinajstić information content (AvgIpc) is 3.61. The van der Waals surface area contributed by atoms with E-state index >= 15 is 0 Å². The molecular weight excluding hydrogens is 524 g/mol. The molecule has 0 atom stereocenters. The van der Waals surface area contributed by atoms with Crippen molar-refractivity contribution in [3.63, 3.8) is 0 Å². The molecule has 0 radical (unpaired) electrons. The first-order chi connectivity index (χ1) is 19.5. The van der Waals surface area contributed by atoms with Gasteiger partial charge in [0.25, 0.3) is 0 Å². The normalized spacial score (nSPS) is 18.6. The lowest BCUT2D eigenvalue weighted by Crippen LogP contribution is -2.40. The van der Waals surface area contributed by atoms with Crippen molar-refractivity contribution in [1.82, 2.24) is 10.3 Å². The molecule has 1 N–H and O–H groups in total. The SMILES string of the molecule is COc1ccc(-c2nc(-c3ccc(N4CCS(=O)CC4)cc3)co2)cc1.N#CC1(NC(=O)C2CCCCC2)CC1. The van der Waals surface area contributed by atoms with Crippen LogP contribution < -0.4 is 15.0 Å². The molecule has 8 nitrogen and oxygen atoms in total. The van der Waals surface area contributed by atoms with Crippen molar-refractivity contribution in [2.45, 2.75) is 50.5 Å². The number of nitrogens with one attached hydrogen (secondary N) is 1. The van der Waals surface area contributed by atoms with Crippen molar-refractivity contribution in [1.29, 1.82) is 5.26 Å². The highest BCUT2D eigenvalue weighted by Crippen LogP contribution is 2.35. The number of aromatic nitrogens is 1. The Bertz CT molecular complexity index is 1340. The van der Waals surface area contributed by atoms with Gasteiger partial charge in [0.05, 0.1) is 13.2 Å². The predicted molar refractivity (Wildman–Crippen MR) is 156 cm³/mol. The summed E-state index contributed by atoms with van der Waals surface area (Å²) in [4.78, 5) is 18.6. The number of carbonyl (C=O) groups excluding carboxylic acids is 1. The number of benzene rings is 2. The van der Waals surface area contributed by atoms with Crippen molar-refractivity contribution < 1.29 is 18.2 Å². The second kappa shape index (κ2) is 12.7. The number of rotatable bonds is 6. The van der Waals surface area contributed by atoms with Gasteiger partial charge in [-0.15, -0.1) is 0 Å². The minimum atomic E-state index is -0.658. The molecule has 3 aliphatic rings. The summed E-state index contributed by atoms with van der Waals surface area (Å²) in [5.41, 5.74) is 3.41. The Morgan fingerprint density at radius 1 is 1.05 bits per heavy atom. The van der Waals surface area contributed by atoms with E-state index in [1.165, 1.54) is 6.42 Å². The molecule has 2 saturated carbocycles. The monoisotopic (exact) mass is 560 g/mol. The van der Waals surface area contributed by atoms with Gasteiger partial charge in [-0.05, 0) is 62.1 Å². The minimum Gasteiger partial charge on any atom is -0.497 e. The Morgan fingerprint density at radius 2 is 1.70 bits per heavy atom. The molecule has 0 bridgehead atoms. The van der Waals surface area contributed by atoms with Gasteiger partial charge in [-0.1, -0.05) is 31.4 Å². The molecule has 2 heterocycles. The fourth-order valence-electron chi connectivity index (χ4n) is 5.10. The van der Waals surface area contributed by atoms with E-state index in [0.29, 0.717) is 5.89 Å². The van der Waals surface area contributed by atoms with Crippen LogP contribution in [0.2, 0.25) is 0 Å². The highest BCUT2D eigenvalue weighted by atomic mass is 32.2. The first-order valence-electron chi connectivity index (χ1n) is 14.0. The Morgan fingerprint density at radius 3 is 2.30 bits per heavy atom. The highest BCUT2D eigenvalue weighted by molar-refractivity contribution is 7.85. The van der Waals surface area contributed by atoms with E-state index in [1.54, 1.807) is 13.4 Å². The van der Waals surface area contributed by atoms with Crippen molar-refractivity contribution in [2.75, 3.05) is 36.6 Å². The Hall–Kier alpha value is -3.64. The maximum Gasteiger partial charge on any atom is 0.226 e. The van der Waals surface area contributed by atoms with E-state index in [-0.39, 0.29) is 11.8 Å². The van der Waals surface area contributed by atoms with Crippen molar-refractivity contribution >= 4 is 22.4 Å². The van der Waals surface area contributed by atoms with Crippen LogP contribution in [-0.2, 0) is 15.6 Å². The lowest BCUT2D eigenvalue weighted by Gasteiger charge is -2.28. The number of hydrogen-bond donors (Lipinski definition) is 1. The van der Waals surface area contributed by atoms with Gasteiger partial charge in [0.15, 0.2) is 0 Å². The summed E-state index contributed by atoms with van der Waals surface area (Å²) >= 11 is 0. The number of amides is 1. The Balaban J connectivity index is 0.000000194. The molecule has 0 unspecified atom stereocenters. The summed E-state index contributed by atoms with van der Waals surface area (Å²) in [5.74, 6) is 3.17. The third-order valence-corrected chi connectivity index (χ3v) is 9.13. The average molecular weight is 561 g/mol. The van der Waals surface area contributed by atoms with E-state index < -0.39 is 16.3 Å². The van der Waals surface area contributed by atoms with Crippen LogP contribution in [0.1, 0.15) is 44.9 Å². The molecule has 210 valence electrons. The van der Waals surface area contributed by atoms with Crippen molar-refractivity contribution in [2.24, 2.45) is 5.92 Å². The van der Waals surface area contributed by atoms with Crippen LogP contribution in [0.3, 0.4) is 0 Å². The first kappa shape index (κ1) is 27.9. The summed E-state index contributed by atoms with van der Waals surface area (Å²) in [6.45, 7) is 1.69. The number of oxazole rings is 1. The van der Waals surface area contributed by atoms with Crippen LogP contribution >= 0.6 is 0 Å². The predicted octanol–water partition coefficient (Wildman–Crippen LogP) is 5.32. The smallest absolute Gasteiger partial charge is 0.226 e. The van der Waals surface area contributed by atoms with Crippen LogP contribution in [0.15, 0.2) is 59.2 Å². The number of carbonyl (C=O) groups is 1. The minimum absolute atomic E-state index is 0.115. The molecule has 1 aliphatic heterocycles. The van der Waals surface area contributed by atoms with Gasteiger partial charge in [0, 0.05) is 58.1 Å². The molecule has 6 rings (SSSR count). The molecule has 1 saturated heterocycles. The zero-order valence-electron chi connectivity index (χ0n) is 22.9. The van der Waals surface area contributed by atoms with Gasteiger partial charge in [0.2, 0.25) is 11.8 Å². The number of nitrogens with zero attached hydrogens (tertiary/aromatic N) is 3. The number of ether oxygens (including phenoxy) is 1. The fraction of sp³-hybridized carbons (Fsp3) is 0.452. The molecule has 40 heavy (non-hydrogen) atoms. The topological polar surface area (TPSA) is 108 Å². The summed E-state index contributed by atoms with van der Waals surface area (Å²) in [5, 5.41) is 11.7. The number of nitriles is 1. The molecule has 1 amide bonds. The molecule has 9 heteroatoms. The third-order valence-electron chi connectivity index (χ3n) is 7.85. The van der Waals surface area contributed by atoms with Crippen molar-refractivity contribution in [3.8, 4) is 34.5 Å². The zero-order chi connectivity index (χ0) is 28.0. The van der Waals surface area contributed by atoms with E-state index in [0.717, 1.165) is 91.4 Å². The third kappa shape index (κ3) is 6.92. The van der Waals surface area contributed by atoms with Crippen LogP contribution in [-0.4, -0.2) is 52.3 Å². The zero-order valence-corrected chi connectivity index (χ0v) is 23.8. The summed E-state index contributed by atoms with van der Waals surface area (Å²) in [6, 6.07) is 18.1. The van der Waals surface area contributed by atoms with Gasteiger partial charge in [-0.3, -0.25) is 9.00 Å².